The summed E-state index contributed by atoms with van der Waals surface area (Å²) in [6.07, 6.45) is 4.50. The summed E-state index contributed by atoms with van der Waals surface area (Å²) >= 11 is 0. The minimum atomic E-state index is -0.119. The van der Waals surface area contributed by atoms with Gasteiger partial charge < -0.3 is 10.6 Å². The van der Waals surface area contributed by atoms with Gasteiger partial charge in [0, 0.05) is 22.3 Å². The van der Waals surface area contributed by atoms with Crippen molar-refractivity contribution in [2.24, 2.45) is 5.41 Å². The minimum Gasteiger partial charge on any atom is -0.380 e. The Kier molecular flexibility index (Phi) is 2.63. The molecule has 19 heavy (non-hydrogen) atoms. The van der Waals surface area contributed by atoms with Crippen LogP contribution in [0.15, 0.2) is 18.2 Å². The number of rotatable bonds is 4. The lowest BCUT2D eigenvalue weighted by molar-refractivity contribution is -0.120. The van der Waals surface area contributed by atoms with Crippen molar-refractivity contribution in [3.8, 4) is 0 Å². The van der Waals surface area contributed by atoms with Crippen LogP contribution in [-0.2, 0) is 4.79 Å². The van der Waals surface area contributed by atoms with E-state index in [2.05, 4.69) is 36.6 Å². The maximum absolute atomic E-state index is 12.0. The summed E-state index contributed by atoms with van der Waals surface area (Å²) in [6.45, 7) is 6.36. The molecule has 3 heteroatoms. The largest absolute Gasteiger partial charge is 0.380 e. The molecule has 0 aromatic heterocycles. The third-order valence-electron chi connectivity index (χ3n) is 4.47. The third-order valence-corrected chi connectivity index (χ3v) is 4.47. The summed E-state index contributed by atoms with van der Waals surface area (Å²) in [5.41, 5.74) is 3.44. The molecule has 0 atom stereocenters. The molecule has 2 aliphatic rings. The van der Waals surface area contributed by atoms with Crippen molar-refractivity contribution in [2.45, 2.75) is 52.0 Å². The third kappa shape index (κ3) is 2.60. The molecule has 1 amide bonds. The topological polar surface area (TPSA) is 41.1 Å². The van der Waals surface area contributed by atoms with Crippen LogP contribution in [0, 0.1) is 12.3 Å². The van der Waals surface area contributed by atoms with Crippen molar-refractivity contribution in [3.63, 3.8) is 0 Å². The average molecular weight is 258 g/mol. The van der Waals surface area contributed by atoms with E-state index in [0.717, 1.165) is 18.5 Å². The quantitative estimate of drug-likeness (QED) is 0.864. The second-order valence-electron chi connectivity index (χ2n) is 6.73. The lowest BCUT2D eigenvalue weighted by Gasteiger charge is -2.17. The highest BCUT2D eigenvalue weighted by Gasteiger charge is 2.44. The first-order valence-corrected chi connectivity index (χ1v) is 7.11. The number of carbonyl (C=O) groups is 1. The molecular formula is C16H22N2O. The van der Waals surface area contributed by atoms with Gasteiger partial charge in [0.15, 0.2) is 0 Å². The van der Waals surface area contributed by atoms with E-state index in [1.807, 2.05) is 13.0 Å². The second-order valence-corrected chi connectivity index (χ2v) is 6.73. The van der Waals surface area contributed by atoms with Crippen LogP contribution >= 0.6 is 0 Å². The van der Waals surface area contributed by atoms with Crippen LogP contribution in [0.25, 0.3) is 0 Å². The molecule has 1 aromatic rings. The monoisotopic (exact) mass is 258 g/mol. The fourth-order valence-corrected chi connectivity index (χ4v) is 2.22. The molecule has 0 spiro atoms. The number of amides is 1. The maximum Gasteiger partial charge on any atom is 0.230 e. The Morgan fingerprint density at radius 2 is 1.84 bits per heavy atom. The molecule has 2 aliphatic carbocycles. The Morgan fingerprint density at radius 1 is 1.16 bits per heavy atom. The van der Waals surface area contributed by atoms with Gasteiger partial charge in [-0.1, -0.05) is 6.92 Å². The zero-order chi connectivity index (χ0) is 13.7. The Hall–Kier alpha value is -1.51. The lowest BCUT2D eigenvalue weighted by Crippen LogP contribution is -2.21. The molecule has 0 bridgehead atoms. The summed E-state index contributed by atoms with van der Waals surface area (Å²) in [6, 6.07) is 6.12. The zero-order valence-corrected chi connectivity index (χ0v) is 12.0. The summed E-state index contributed by atoms with van der Waals surface area (Å²) < 4.78 is 0. The molecule has 1 aromatic carbocycles. The normalized spacial score (nSPS) is 21.6. The van der Waals surface area contributed by atoms with Crippen LogP contribution in [0.1, 0.15) is 45.1 Å². The first-order valence-electron chi connectivity index (χ1n) is 7.11. The molecule has 3 rings (SSSR count). The standard InChI is InChI=1S/C16H22N2O/c1-11-10-12(17-14(19)15(2)6-7-15)4-5-13(11)18-16(3)8-9-16/h4-5,10,18H,6-9H2,1-3H3,(H,17,19). The highest BCUT2D eigenvalue weighted by atomic mass is 16.2. The Bertz CT molecular complexity index is 528. The van der Waals surface area contributed by atoms with Crippen molar-refractivity contribution in [3.05, 3.63) is 23.8 Å². The highest BCUT2D eigenvalue weighted by molar-refractivity contribution is 5.97. The fraction of sp³-hybridized carbons (Fsp3) is 0.562. The van der Waals surface area contributed by atoms with Crippen molar-refractivity contribution >= 4 is 17.3 Å². The van der Waals surface area contributed by atoms with E-state index < -0.39 is 0 Å². The summed E-state index contributed by atoms with van der Waals surface area (Å²) in [5.74, 6) is 0.154. The zero-order valence-electron chi connectivity index (χ0n) is 12.0. The van der Waals surface area contributed by atoms with E-state index in [0.29, 0.717) is 0 Å². The molecule has 2 fully saturated rings. The Morgan fingerprint density at radius 3 is 2.37 bits per heavy atom. The second kappa shape index (κ2) is 3.99. The summed E-state index contributed by atoms with van der Waals surface area (Å²) in [5, 5.41) is 6.60. The van der Waals surface area contributed by atoms with Gasteiger partial charge in [0.25, 0.3) is 0 Å². The first kappa shape index (κ1) is 12.5. The van der Waals surface area contributed by atoms with Gasteiger partial charge in [0.2, 0.25) is 5.91 Å². The highest BCUT2D eigenvalue weighted by Crippen LogP contribution is 2.46. The predicted octanol–water partition coefficient (Wildman–Crippen LogP) is 3.70. The fourth-order valence-electron chi connectivity index (χ4n) is 2.22. The molecule has 0 unspecified atom stereocenters. The Balaban J connectivity index is 1.70. The number of aryl methyl sites for hydroxylation is 1. The molecule has 3 nitrogen and oxygen atoms in total. The van der Waals surface area contributed by atoms with Crippen LogP contribution in [0.3, 0.4) is 0 Å². The maximum atomic E-state index is 12.0. The van der Waals surface area contributed by atoms with Crippen LogP contribution in [-0.4, -0.2) is 11.4 Å². The smallest absolute Gasteiger partial charge is 0.230 e. The minimum absolute atomic E-state index is 0.119. The predicted molar refractivity (Wildman–Crippen MR) is 78.4 cm³/mol. The van der Waals surface area contributed by atoms with E-state index in [-0.39, 0.29) is 16.9 Å². The number of benzene rings is 1. The van der Waals surface area contributed by atoms with Gasteiger partial charge in [-0.15, -0.1) is 0 Å². The van der Waals surface area contributed by atoms with Crippen molar-refractivity contribution in [1.82, 2.24) is 0 Å². The van der Waals surface area contributed by atoms with Crippen LogP contribution in [0.4, 0.5) is 11.4 Å². The molecular weight excluding hydrogens is 236 g/mol. The van der Waals surface area contributed by atoms with Gasteiger partial charge in [-0.25, -0.2) is 0 Å². The molecule has 0 saturated heterocycles. The first-order chi connectivity index (χ1) is 8.90. The van der Waals surface area contributed by atoms with Gasteiger partial charge in [-0.3, -0.25) is 4.79 Å². The molecule has 2 saturated carbocycles. The summed E-state index contributed by atoms with van der Waals surface area (Å²) in [7, 11) is 0. The molecule has 102 valence electrons. The number of hydrogen-bond donors (Lipinski definition) is 2. The average Bonchev–Trinajstić information content (AvgIpc) is 3.24. The van der Waals surface area contributed by atoms with E-state index in [9.17, 15) is 4.79 Å². The van der Waals surface area contributed by atoms with Crippen molar-refractivity contribution < 1.29 is 4.79 Å². The molecule has 0 aliphatic heterocycles. The number of carbonyl (C=O) groups excluding carboxylic acids is 1. The number of anilines is 2. The SMILES string of the molecule is Cc1cc(NC(=O)C2(C)CC2)ccc1NC1(C)CC1. The van der Waals surface area contributed by atoms with Crippen molar-refractivity contribution in [2.75, 3.05) is 10.6 Å². The Labute approximate surface area is 114 Å². The van der Waals surface area contributed by atoms with Gasteiger partial charge >= 0.3 is 0 Å². The van der Waals surface area contributed by atoms with Gasteiger partial charge in [0.1, 0.15) is 0 Å². The van der Waals surface area contributed by atoms with Gasteiger partial charge in [0.05, 0.1) is 0 Å². The van der Waals surface area contributed by atoms with E-state index in [4.69, 9.17) is 0 Å². The number of hydrogen-bond acceptors (Lipinski definition) is 2. The van der Waals surface area contributed by atoms with E-state index >= 15 is 0 Å². The molecule has 0 radical (unpaired) electrons. The van der Waals surface area contributed by atoms with Crippen LogP contribution in [0.5, 0.6) is 0 Å². The molecule has 0 heterocycles. The lowest BCUT2D eigenvalue weighted by atomic mass is 10.1. The molecule has 2 N–H and O–H groups in total. The van der Waals surface area contributed by atoms with Crippen molar-refractivity contribution in [1.29, 1.82) is 0 Å². The van der Waals surface area contributed by atoms with E-state index in [1.54, 1.807) is 0 Å². The number of nitrogens with one attached hydrogen (secondary N) is 2. The van der Waals surface area contributed by atoms with E-state index in [1.165, 1.54) is 24.1 Å². The van der Waals surface area contributed by atoms with Crippen LogP contribution in [0.2, 0.25) is 0 Å². The van der Waals surface area contributed by atoms with Gasteiger partial charge in [-0.2, -0.15) is 0 Å². The van der Waals surface area contributed by atoms with Gasteiger partial charge in [-0.05, 0) is 63.3 Å². The summed E-state index contributed by atoms with van der Waals surface area (Å²) in [4.78, 5) is 12.0. The van der Waals surface area contributed by atoms with Crippen LogP contribution < -0.4 is 10.6 Å².